The summed E-state index contributed by atoms with van der Waals surface area (Å²) >= 11 is 0. The van der Waals surface area contributed by atoms with Gasteiger partial charge in [0.15, 0.2) is 0 Å². The van der Waals surface area contributed by atoms with Crippen molar-refractivity contribution in [3.05, 3.63) is 30.3 Å². The van der Waals surface area contributed by atoms with Crippen LogP contribution in [0, 0.1) is 5.92 Å². The quantitative estimate of drug-likeness (QED) is 0.746. The molecule has 3 rings (SSSR count). The Hall–Kier alpha value is -2.04. The Morgan fingerprint density at radius 2 is 1.60 bits per heavy atom. The zero-order valence-corrected chi connectivity index (χ0v) is 14.9. The molecule has 5 nitrogen and oxygen atoms in total. The molecule has 0 atom stereocenters. The fourth-order valence-corrected chi connectivity index (χ4v) is 3.70. The minimum absolute atomic E-state index is 0.171. The van der Waals surface area contributed by atoms with Crippen LogP contribution in [0.2, 0.25) is 0 Å². The predicted octanol–water partition coefficient (Wildman–Crippen LogP) is 2.71. The molecule has 0 N–H and O–H groups in total. The van der Waals surface area contributed by atoms with Gasteiger partial charge in [-0.1, -0.05) is 31.0 Å². The third-order valence-electron chi connectivity index (χ3n) is 5.20. The highest BCUT2D eigenvalue weighted by molar-refractivity contribution is 5.80. The molecule has 1 saturated heterocycles. The largest absolute Gasteiger partial charge is 0.494 e. The lowest BCUT2D eigenvalue weighted by molar-refractivity contribution is -0.142. The first-order valence-corrected chi connectivity index (χ1v) is 9.48. The highest BCUT2D eigenvalue weighted by atomic mass is 16.5. The van der Waals surface area contributed by atoms with Crippen LogP contribution in [-0.2, 0) is 9.59 Å². The molecule has 1 aromatic rings. The van der Waals surface area contributed by atoms with E-state index in [1.165, 1.54) is 12.8 Å². The van der Waals surface area contributed by atoms with Crippen LogP contribution in [0.5, 0.6) is 5.75 Å². The van der Waals surface area contributed by atoms with Gasteiger partial charge in [0.25, 0.3) is 0 Å². The smallest absolute Gasteiger partial charge is 0.225 e. The molecule has 136 valence electrons. The van der Waals surface area contributed by atoms with Gasteiger partial charge in [0.05, 0.1) is 6.61 Å². The molecule has 0 spiro atoms. The average Bonchev–Trinajstić information content (AvgIpc) is 3.20. The van der Waals surface area contributed by atoms with E-state index in [0.29, 0.717) is 45.1 Å². The number of piperazine rings is 1. The summed E-state index contributed by atoms with van der Waals surface area (Å²) in [6.45, 7) is 3.24. The summed E-state index contributed by atoms with van der Waals surface area (Å²) in [4.78, 5) is 28.6. The number of hydrogen-bond acceptors (Lipinski definition) is 3. The lowest BCUT2D eigenvalue weighted by atomic mass is 10.1. The zero-order chi connectivity index (χ0) is 17.5. The summed E-state index contributed by atoms with van der Waals surface area (Å²) in [5.41, 5.74) is 0. The van der Waals surface area contributed by atoms with E-state index < -0.39 is 0 Å². The lowest BCUT2D eigenvalue weighted by Crippen LogP contribution is -2.51. The molecular weight excluding hydrogens is 316 g/mol. The summed E-state index contributed by atoms with van der Waals surface area (Å²) in [7, 11) is 0. The van der Waals surface area contributed by atoms with Crippen LogP contribution in [0.4, 0.5) is 0 Å². The number of para-hydroxylation sites is 1. The molecule has 1 aromatic carbocycles. The Balaban J connectivity index is 1.33. The summed E-state index contributed by atoms with van der Waals surface area (Å²) < 4.78 is 5.63. The second-order valence-corrected chi connectivity index (χ2v) is 6.95. The predicted molar refractivity (Wildman–Crippen MR) is 96.3 cm³/mol. The number of rotatable bonds is 6. The van der Waals surface area contributed by atoms with Gasteiger partial charge < -0.3 is 14.5 Å². The molecule has 0 bridgehead atoms. The second kappa shape index (κ2) is 8.88. The number of benzene rings is 1. The van der Waals surface area contributed by atoms with Crippen molar-refractivity contribution in [3.63, 3.8) is 0 Å². The van der Waals surface area contributed by atoms with Gasteiger partial charge in [0.1, 0.15) is 5.75 Å². The number of ether oxygens (including phenoxy) is 1. The first kappa shape index (κ1) is 17.8. The normalized spacial score (nSPS) is 18.4. The van der Waals surface area contributed by atoms with Gasteiger partial charge in [-0.3, -0.25) is 9.59 Å². The standard InChI is InChI=1S/C20H28N2O3/c23-19(11-6-16-25-18-9-2-1-3-10-18)21-12-14-22(15-13-21)20(24)17-7-4-5-8-17/h1-3,9-10,17H,4-8,11-16H2. The Kier molecular flexibility index (Phi) is 6.31. The molecule has 1 aliphatic heterocycles. The van der Waals surface area contributed by atoms with Gasteiger partial charge in [0, 0.05) is 38.5 Å². The first-order valence-electron chi connectivity index (χ1n) is 9.48. The van der Waals surface area contributed by atoms with E-state index in [2.05, 4.69) is 0 Å². The maximum atomic E-state index is 12.4. The second-order valence-electron chi connectivity index (χ2n) is 6.95. The molecule has 0 unspecified atom stereocenters. The Bertz CT molecular complexity index is 562. The molecule has 1 heterocycles. The van der Waals surface area contributed by atoms with E-state index in [9.17, 15) is 9.59 Å². The van der Waals surface area contributed by atoms with Gasteiger partial charge in [-0.25, -0.2) is 0 Å². The van der Waals surface area contributed by atoms with Crippen molar-refractivity contribution in [1.82, 2.24) is 9.80 Å². The Morgan fingerprint density at radius 3 is 2.28 bits per heavy atom. The van der Waals surface area contributed by atoms with Gasteiger partial charge in [-0.05, 0) is 31.4 Å². The third-order valence-corrected chi connectivity index (χ3v) is 5.20. The number of amides is 2. The Morgan fingerprint density at radius 1 is 0.960 bits per heavy atom. The van der Waals surface area contributed by atoms with Crippen LogP contribution in [0.25, 0.3) is 0 Å². The van der Waals surface area contributed by atoms with Gasteiger partial charge in [0.2, 0.25) is 11.8 Å². The summed E-state index contributed by atoms with van der Waals surface area (Å²) in [6, 6.07) is 9.66. The summed E-state index contributed by atoms with van der Waals surface area (Å²) in [6.07, 6.45) is 5.66. The van der Waals surface area contributed by atoms with Crippen molar-refractivity contribution in [2.75, 3.05) is 32.8 Å². The van der Waals surface area contributed by atoms with Crippen LogP contribution in [0.15, 0.2) is 30.3 Å². The minimum Gasteiger partial charge on any atom is -0.494 e. The number of carbonyl (C=O) groups excluding carboxylic acids is 2. The molecule has 0 radical (unpaired) electrons. The third kappa shape index (κ3) is 4.97. The highest BCUT2D eigenvalue weighted by Crippen LogP contribution is 2.27. The van der Waals surface area contributed by atoms with E-state index in [1.807, 2.05) is 40.1 Å². The van der Waals surface area contributed by atoms with Crippen LogP contribution in [0.3, 0.4) is 0 Å². The molecule has 5 heteroatoms. The molecule has 1 saturated carbocycles. The van der Waals surface area contributed by atoms with Crippen LogP contribution < -0.4 is 4.74 Å². The van der Waals surface area contributed by atoms with Crippen molar-refractivity contribution in [3.8, 4) is 5.75 Å². The van der Waals surface area contributed by atoms with E-state index in [-0.39, 0.29) is 11.8 Å². The molecule has 2 fully saturated rings. The first-order chi connectivity index (χ1) is 12.2. The van der Waals surface area contributed by atoms with Crippen molar-refractivity contribution >= 4 is 11.8 Å². The maximum absolute atomic E-state index is 12.4. The van der Waals surface area contributed by atoms with E-state index in [1.54, 1.807) is 0 Å². The van der Waals surface area contributed by atoms with Gasteiger partial charge in [-0.2, -0.15) is 0 Å². The van der Waals surface area contributed by atoms with E-state index in [4.69, 9.17) is 4.74 Å². The fourth-order valence-electron chi connectivity index (χ4n) is 3.70. The Labute approximate surface area is 149 Å². The van der Waals surface area contributed by atoms with Crippen LogP contribution in [-0.4, -0.2) is 54.4 Å². The average molecular weight is 344 g/mol. The summed E-state index contributed by atoms with van der Waals surface area (Å²) in [5.74, 6) is 1.55. The van der Waals surface area contributed by atoms with Crippen molar-refractivity contribution < 1.29 is 14.3 Å². The van der Waals surface area contributed by atoms with Gasteiger partial charge in [-0.15, -0.1) is 0 Å². The fraction of sp³-hybridized carbons (Fsp3) is 0.600. The van der Waals surface area contributed by atoms with E-state index >= 15 is 0 Å². The monoisotopic (exact) mass is 344 g/mol. The van der Waals surface area contributed by atoms with Crippen LogP contribution >= 0.6 is 0 Å². The van der Waals surface area contributed by atoms with Crippen molar-refractivity contribution in [2.45, 2.75) is 38.5 Å². The van der Waals surface area contributed by atoms with E-state index in [0.717, 1.165) is 25.0 Å². The highest BCUT2D eigenvalue weighted by Gasteiger charge is 2.30. The molecule has 25 heavy (non-hydrogen) atoms. The topological polar surface area (TPSA) is 49.9 Å². The SMILES string of the molecule is O=C(CCCOc1ccccc1)N1CCN(C(=O)C2CCCC2)CC1. The molecule has 2 aliphatic rings. The summed E-state index contributed by atoms with van der Waals surface area (Å²) in [5, 5.41) is 0. The lowest BCUT2D eigenvalue weighted by Gasteiger charge is -2.36. The number of hydrogen-bond donors (Lipinski definition) is 0. The molecule has 1 aliphatic carbocycles. The van der Waals surface area contributed by atoms with Crippen molar-refractivity contribution in [2.24, 2.45) is 5.92 Å². The minimum atomic E-state index is 0.171. The van der Waals surface area contributed by atoms with Crippen molar-refractivity contribution in [1.29, 1.82) is 0 Å². The zero-order valence-electron chi connectivity index (χ0n) is 14.9. The number of carbonyl (C=O) groups is 2. The molecule has 2 amide bonds. The maximum Gasteiger partial charge on any atom is 0.225 e. The molecular formula is C20H28N2O3. The molecule has 0 aromatic heterocycles. The van der Waals surface area contributed by atoms with Gasteiger partial charge >= 0.3 is 0 Å². The number of nitrogens with zero attached hydrogens (tertiary/aromatic N) is 2. The van der Waals surface area contributed by atoms with Crippen LogP contribution in [0.1, 0.15) is 38.5 Å².